The summed E-state index contributed by atoms with van der Waals surface area (Å²) in [6, 6.07) is 16.9. The number of para-hydroxylation sites is 1. The smallest absolute Gasteiger partial charge is 0.141 e. The van der Waals surface area contributed by atoms with Crippen LogP contribution in [-0.2, 0) is 0 Å². The van der Waals surface area contributed by atoms with Gasteiger partial charge in [-0.3, -0.25) is 0 Å². The summed E-state index contributed by atoms with van der Waals surface area (Å²) < 4.78 is 0. The van der Waals surface area contributed by atoms with Crippen LogP contribution in [0.5, 0.6) is 5.75 Å². The molecule has 0 radical (unpaired) electrons. The molecule has 0 aliphatic carbocycles. The Labute approximate surface area is 122 Å². The second kappa shape index (κ2) is 5.35. The molecule has 0 atom stereocenters. The quantitative estimate of drug-likeness (QED) is 0.734. The largest absolute Gasteiger partial charge is 0.506 e. The van der Waals surface area contributed by atoms with Crippen molar-refractivity contribution in [3.05, 3.63) is 70.9 Å². The number of hydrogen-bond acceptors (Lipinski definition) is 2. The van der Waals surface area contributed by atoms with Gasteiger partial charge in [0.2, 0.25) is 0 Å². The van der Waals surface area contributed by atoms with Crippen LogP contribution in [0.25, 0.3) is 23.1 Å². The van der Waals surface area contributed by atoms with Crippen LogP contribution in [0.1, 0.15) is 11.3 Å². The molecule has 0 saturated carbocycles. The molecule has 98 valence electrons. The first-order valence-corrected chi connectivity index (χ1v) is 6.63. The number of fused-ring (bicyclic) bond motifs is 1. The first-order chi connectivity index (χ1) is 9.74. The fourth-order valence-corrected chi connectivity index (χ4v) is 2.22. The Bertz CT molecular complexity index is 796. The van der Waals surface area contributed by atoms with E-state index >= 15 is 0 Å². The first-order valence-electron chi connectivity index (χ1n) is 6.25. The maximum Gasteiger partial charge on any atom is 0.141 e. The molecule has 3 aromatic rings. The van der Waals surface area contributed by atoms with Gasteiger partial charge < -0.3 is 5.11 Å². The van der Waals surface area contributed by atoms with E-state index in [1.54, 1.807) is 12.1 Å². The summed E-state index contributed by atoms with van der Waals surface area (Å²) in [5, 5.41) is 11.6. The van der Waals surface area contributed by atoms with E-state index in [2.05, 4.69) is 4.98 Å². The normalized spacial score (nSPS) is 11.2. The molecule has 1 N–H and O–H groups in total. The Balaban J connectivity index is 2.02. The zero-order valence-electron chi connectivity index (χ0n) is 10.6. The third-order valence-corrected chi connectivity index (χ3v) is 3.40. The summed E-state index contributed by atoms with van der Waals surface area (Å²) in [4.78, 5) is 4.44. The number of benzene rings is 2. The van der Waals surface area contributed by atoms with Gasteiger partial charge in [-0.25, -0.2) is 4.98 Å². The van der Waals surface area contributed by atoms with Crippen molar-refractivity contribution >= 4 is 34.7 Å². The van der Waals surface area contributed by atoms with Crippen LogP contribution in [0.2, 0.25) is 5.02 Å². The predicted octanol–water partition coefficient (Wildman–Crippen LogP) is 4.76. The highest BCUT2D eigenvalue weighted by molar-refractivity contribution is 6.32. The average molecular weight is 282 g/mol. The molecule has 2 aromatic carbocycles. The molecule has 3 heteroatoms. The molecule has 3 rings (SSSR count). The molecule has 1 heterocycles. The molecule has 0 bridgehead atoms. The van der Waals surface area contributed by atoms with Crippen molar-refractivity contribution in [2.45, 2.75) is 0 Å². The molecule has 0 aliphatic heterocycles. The van der Waals surface area contributed by atoms with Gasteiger partial charge >= 0.3 is 0 Å². The van der Waals surface area contributed by atoms with Crippen LogP contribution in [0.15, 0.2) is 54.6 Å². The molecule has 2 nitrogen and oxygen atoms in total. The van der Waals surface area contributed by atoms with Gasteiger partial charge in [0, 0.05) is 10.4 Å². The number of aromatic hydroxyl groups is 1. The van der Waals surface area contributed by atoms with Gasteiger partial charge in [-0.2, -0.15) is 0 Å². The monoisotopic (exact) mass is 281 g/mol. The van der Waals surface area contributed by atoms with E-state index < -0.39 is 0 Å². The van der Waals surface area contributed by atoms with Crippen molar-refractivity contribution in [1.82, 2.24) is 4.98 Å². The van der Waals surface area contributed by atoms with Crippen molar-refractivity contribution in [2.24, 2.45) is 0 Å². The van der Waals surface area contributed by atoms with Crippen LogP contribution in [0, 0.1) is 0 Å². The van der Waals surface area contributed by atoms with Crippen LogP contribution in [-0.4, -0.2) is 10.1 Å². The lowest BCUT2D eigenvalue weighted by molar-refractivity contribution is 0.472. The summed E-state index contributed by atoms with van der Waals surface area (Å²) in [5.74, 6) is 0.159. The minimum Gasteiger partial charge on any atom is -0.506 e. The van der Waals surface area contributed by atoms with Gasteiger partial charge in [-0.1, -0.05) is 54.1 Å². The highest BCUT2D eigenvalue weighted by Gasteiger charge is 2.03. The molecular formula is C17H12ClNO. The van der Waals surface area contributed by atoms with Crippen LogP contribution >= 0.6 is 11.6 Å². The van der Waals surface area contributed by atoms with Crippen molar-refractivity contribution in [2.75, 3.05) is 0 Å². The number of aromatic nitrogens is 1. The van der Waals surface area contributed by atoms with Gasteiger partial charge in [0.1, 0.15) is 11.4 Å². The number of rotatable bonds is 2. The zero-order valence-corrected chi connectivity index (χ0v) is 11.4. The topological polar surface area (TPSA) is 33.1 Å². The van der Waals surface area contributed by atoms with Gasteiger partial charge in [0.05, 0.1) is 5.52 Å². The fourth-order valence-electron chi connectivity index (χ4n) is 2.02. The summed E-state index contributed by atoms with van der Waals surface area (Å²) in [6.07, 6.45) is 3.61. The minimum atomic E-state index is 0.159. The van der Waals surface area contributed by atoms with Crippen LogP contribution < -0.4 is 0 Å². The van der Waals surface area contributed by atoms with Crippen molar-refractivity contribution < 1.29 is 5.11 Å². The first kappa shape index (κ1) is 12.7. The van der Waals surface area contributed by atoms with E-state index in [1.807, 2.05) is 54.6 Å². The molecule has 0 aliphatic rings. The zero-order chi connectivity index (χ0) is 13.9. The van der Waals surface area contributed by atoms with Gasteiger partial charge in [-0.15, -0.1) is 0 Å². The maximum absolute atomic E-state index is 10.0. The summed E-state index contributed by atoms with van der Waals surface area (Å²) in [6.45, 7) is 0. The standard InChI is InChI=1S/C17H12ClNO/c18-14-7-3-1-5-12(14)9-10-16-17(20)11-13-6-2-4-8-15(13)19-16/h1-11,20H/b10-9+. The van der Waals surface area contributed by atoms with Crippen molar-refractivity contribution in [3.63, 3.8) is 0 Å². The summed E-state index contributed by atoms with van der Waals surface area (Å²) in [7, 11) is 0. The predicted molar refractivity (Wildman–Crippen MR) is 83.8 cm³/mol. The lowest BCUT2D eigenvalue weighted by Crippen LogP contribution is -1.84. The Hall–Kier alpha value is -2.32. The van der Waals surface area contributed by atoms with Crippen LogP contribution in [0.4, 0.5) is 0 Å². The summed E-state index contributed by atoms with van der Waals surface area (Å²) in [5.41, 5.74) is 2.27. The third kappa shape index (κ3) is 2.51. The van der Waals surface area contributed by atoms with E-state index in [0.29, 0.717) is 10.7 Å². The van der Waals surface area contributed by atoms with Gasteiger partial charge in [-0.05, 0) is 29.8 Å². The van der Waals surface area contributed by atoms with E-state index in [-0.39, 0.29) is 5.75 Å². The molecule has 20 heavy (non-hydrogen) atoms. The highest BCUT2D eigenvalue weighted by atomic mass is 35.5. The molecule has 0 saturated heterocycles. The molecule has 1 aromatic heterocycles. The Kier molecular flexibility index (Phi) is 3.40. The van der Waals surface area contributed by atoms with Crippen LogP contribution in [0.3, 0.4) is 0 Å². The van der Waals surface area contributed by atoms with E-state index in [9.17, 15) is 5.11 Å². The lowest BCUT2D eigenvalue weighted by atomic mass is 10.1. The van der Waals surface area contributed by atoms with Gasteiger partial charge in [0.15, 0.2) is 0 Å². The SMILES string of the molecule is Oc1cc2ccccc2nc1/C=C/c1ccccc1Cl. The van der Waals surface area contributed by atoms with E-state index in [4.69, 9.17) is 11.6 Å². The third-order valence-electron chi connectivity index (χ3n) is 3.06. The number of pyridine rings is 1. The second-order valence-electron chi connectivity index (χ2n) is 4.44. The van der Waals surface area contributed by atoms with E-state index in [1.165, 1.54) is 0 Å². The number of halogens is 1. The van der Waals surface area contributed by atoms with Crippen molar-refractivity contribution in [3.8, 4) is 5.75 Å². The molecule has 0 spiro atoms. The highest BCUT2D eigenvalue weighted by Crippen LogP contribution is 2.24. The molecule has 0 fully saturated rings. The van der Waals surface area contributed by atoms with Crippen molar-refractivity contribution in [1.29, 1.82) is 0 Å². The lowest BCUT2D eigenvalue weighted by Gasteiger charge is -2.02. The summed E-state index contributed by atoms with van der Waals surface area (Å²) >= 11 is 6.09. The number of nitrogens with zero attached hydrogens (tertiary/aromatic N) is 1. The second-order valence-corrected chi connectivity index (χ2v) is 4.85. The average Bonchev–Trinajstić information content (AvgIpc) is 2.46. The Morgan fingerprint density at radius 3 is 2.55 bits per heavy atom. The van der Waals surface area contributed by atoms with Gasteiger partial charge in [0.25, 0.3) is 0 Å². The van der Waals surface area contributed by atoms with E-state index in [0.717, 1.165) is 16.5 Å². The Morgan fingerprint density at radius 1 is 0.950 bits per heavy atom. The maximum atomic E-state index is 10.0. The fraction of sp³-hybridized carbons (Fsp3) is 0. The number of hydrogen-bond donors (Lipinski definition) is 1. The Morgan fingerprint density at radius 2 is 1.70 bits per heavy atom. The molecular weight excluding hydrogens is 270 g/mol. The minimum absolute atomic E-state index is 0.159. The molecule has 0 unspecified atom stereocenters. The molecule has 0 amide bonds.